The van der Waals surface area contributed by atoms with Gasteiger partial charge in [-0.15, -0.1) is 0 Å². The van der Waals surface area contributed by atoms with E-state index in [0.717, 1.165) is 25.6 Å². The number of benzene rings is 1. The van der Waals surface area contributed by atoms with Crippen LogP contribution < -0.4 is 10.1 Å². The number of nitrogens with zero attached hydrogens (tertiary/aromatic N) is 3. The average Bonchev–Trinajstić information content (AvgIpc) is 2.60. The second-order valence-corrected chi connectivity index (χ2v) is 6.67. The van der Waals surface area contributed by atoms with E-state index >= 15 is 0 Å². The molecule has 1 aliphatic rings. The lowest BCUT2D eigenvalue weighted by molar-refractivity contribution is 0.214. The van der Waals surface area contributed by atoms with Crippen molar-refractivity contribution in [3.05, 3.63) is 30.1 Å². The summed E-state index contributed by atoms with van der Waals surface area (Å²) >= 11 is 0. The minimum atomic E-state index is -0.327. The van der Waals surface area contributed by atoms with E-state index in [1.165, 1.54) is 25.5 Å². The van der Waals surface area contributed by atoms with Crippen molar-refractivity contribution < 1.29 is 9.13 Å². The molecule has 0 aliphatic carbocycles. The molecule has 1 fully saturated rings. The van der Waals surface area contributed by atoms with Crippen molar-refractivity contribution in [2.45, 2.75) is 19.8 Å². The predicted octanol–water partition coefficient (Wildman–Crippen LogP) is 2.44. The van der Waals surface area contributed by atoms with Gasteiger partial charge in [0.15, 0.2) is 17.5 Å². The molecule has 6 heteroatoms. The molecular weight excluding hydrogens is 319 g/mol. The molecule has 5 nitrogen and oxygen atoms in total. The van der Waals surface area contributed by atoms with Crippen LogP contribution in [0.1, 0.15) is 19.8 Å². The summed E-state index contributed by atoms with van der Waals surface area (Å²) in [5.74, 6) is 1.47. The largest absolute Gasteiger partial charge is 0.489 e. The van der Waals surface area contributed by atoms with Gasteiger partial charge < -0.3 is 19.9 Å². The van der Waals surface area contributed by atoms with E-state index in [4.69, 9.17) is 9.73 Å². The highest BCUT2D eigenvalue weighted by atomic mass is 19.1. The molecule has 0 bridgehead atoms. The van der Waals surface area contributed by atoms with Crippen LogP contribution in [0.25, 0.3) is 0 Å². The molecular formula is C19H31FN4O. The van der Waals surface area contributed by atoms with Crippen molar-refractivity contribution in [2.24, 2.45) is 10.9 Å². The zero-order valence-electron chi connectivity index (χ0n) is 15.7. The topological polar surface area (TPSA) is 40.1 Å². The number of para-hydroxylation sites is 1. The highest BCUT2D eigenvalue weighted by Gasteiger charge is 2.17. The van der Waals surface area contributed by atoms with Gasteiger partial charge in [0.1, 0.15) is 6.61 Å². The monoisotopic (exact) mass is 350 g/mol. The van der Waals surface area contributed by atoms with Crippen LogP contribution in [-0.2, 0) is 0 Å². The molecule has 25 heavy (non-hydrogen) atoms. The third kappa shape index (κ3) is 6.53. The van der Waals surface area contributed by atoms with Crippen LogP contribution in [0, 0.1) is 11.7 Å². The molecule has 0 saturated carbocycles. The lowest BCUT2D eigenvalue weighted by Crippen LogP contribution is -2.41. The molecule has 0 aromatic heterocycles. The lowest BCUT2D eigenvalue weighted by atomic mass is 9.99. The molecule has 0 spiro atoms. The van der Waals surface area contributed by atoms with E-state index in [1.54, 1.807) is 18.2 Å². The number of rotatable bonds is 7. The van der Waals surface area contributed by atoms with Crippen LogP contribution >= 0.6 is 0 Å². The molecule has 1 atom stereocenters. The summed E-state index contributed by atoms with van der Waals surface area (Å²) in [6.07, 6.45) is 2.49. The van der Waals surface area contributed by atoms with Crippen molar-refractivity contribution in [3.63, 3.8) is 0 Å². The number of nitrogens with one attached hydrogen (secondary N) is 1. The van der Waals surface area contributed by atoms with Gasteiger partial charge in [0, 0.05) is 26.7 Å². The number of guanidine groups is 1. The zero-order valence-corrected chi connectivity index (χ0v) is 15.7. The Bertz CT molecular complexity index is 552. The van der Waals surface area contributed by atoms with Crippen LogP contribution in [0.15, 0.2) is 29.3 Å². The maximum atomic E-state index is 13.6. The summed E-state index contributed by atoms with van der Waals surface area (Å²) in [4.78, 5) is 9.21. The summed E-state index contributed by atoms with van der Waals surface area (Å²) in [5, 5.41) is 3.33. The van der Waals surface area contributed by atoms with Gasteiger partial charge in [-0.05, 0) is 51.4 Å². The van der Waals surface area contributed by atoms with Crippen molar-refractivity contribution in [3.8, 4) is 5.75 Å². The van der Waals surface area contributed by atoms with Crippen LogP contribution in [0.2, 0.25) is 0 Å². The normalized spacial score (nSPS) is 18.9. The van der Waals surface area contributed by atoms with Crippen molar-refractivity contribution in [2.75, 3.05) is 53.4 Å². The first-order valence-corrected chi connectivity index (χ1v) is 9.15. The Morgan fingerprint density at radius 2 is 2.24 bits per heavy atom. The maximum Gasteiger partial charge on any atom is 0.193 e. The van der Waals surface area contributed by atoms with E-state index in [-0.39, 0.29) is 5.82 Å². The van der Waals surface area contributed by atoms with Gasteiger partial charge in [0.2, 0.25) is 0 Å². The second kappa shape index (κ2) is 10.2. The molecule has 2 rings (SSSR count). The third-order valence-corrected chi connectivity index (χ3v) is 4.44. The molecule has 1 N–H and O–H groups in total. The van der Waals surface area contributed by atoms with Crippen LogP contribution in [0.4, 0.5) is 4.39 Å². The summed E-state index contributed by atoms with van der Waals surface area (Å²) in [7, 11) is 4.16. The summed E-state index contributed by atoms with van der Waals surface area (Å²) in [6, 6.07) is 6.49. The number of hydrogen-bond donors (Lipinski definition) is 1. The Morgan fingerprint density at radius 1 is 1.44 bits per heavy atom. The Morgan fingerprint density at radius 3 is 2.96 bits per heavy atom. The number of piperidine rings is 1. The third-order valence-electron chi connectivity index (χ3n) is 4.44. The van der Waals surface area contributed by atoms with E-state index in [9.17, 15) is 4.39 Å². The second-order valence-electron chi connectivity index (χ2n) is 6.67. The number of likely N-dealkylation sites (tertiary alicyclic amines) is 1. The summed E-state index contributed by atoms with van der Waals surface area (Å²) in [5.41, 5.74) is 0. The lowest BCUT2D eigenvalue weighted by Gasteiger charge is -2.29. The van der Waals surface area contributed by atoms with Gasteiger partial charge in [-0.25, -0.2) is 4.39 Å². The fraction of sp³-hybridized carbons (Fsp3) is 0.632. The van der Waals surface area contributed by atoms with E-state index in [2.05, 4.69) is 24.2 Å². The van der Waals surface area contributed by atoms with E-state index in [1.807, 2.05) is 11.9 Å². The average molecular weight is 350 g/mol. The minimum absolute atomic E-state index is 0.295. The van der Waals surface area contributed by atoms with Crippen LogP contribution in [0.3, 0.4) is 0 Å². The van der Waals surface area contributed by atoms with Crippen molar-refractivity contribution in [1.29, 1.82) is 0 Å². The Hall–Kier alpha value is -1.82. The fourth-order valence-corrected chi connectivity index (χ4v) is 3.07. The molecule has 0 radical (unpaired) electrons. The summed E-state index contributed by atoms with van der Waals surface area (Å²) in [6.45, 7) is 7.08. The van der Waals surface area contributed by atoms with Gasteiger partial charge >= 0.3 is 0 Å². The maximum absolute atomic E-state index is 13.6. The molecule has 1 heterocycles. The SMILES string of the molecule is CCNC(=NCC1CCCN(C)C1)N(C)CCOc1ccccc1F. The van der Waals surface area contributed by atoms with Crippen LogP contribution in [0.5, 0.6) is 5.75 Å². The zero-order chi connectivity index (χ0) is 18.1. The molecule has 140 valence electrons. The van der Waals surface area contributed by atoms with E-state index < -0.39 is 0 Å². The smallest absolute Gasteiger partial charge is 0.193 e. The number of likely N-dealkylation sites (N-methyl/N-ethyl adjacent to an activating group) is 1. The van der Waals surface area contributed by atoms with Crippen molar-refractivity contribution in [1.82, 2.24) is 15.1 Å². The van der Waals surface area contributed by atoms with Gasteiger partial charge in [-0.2, -0.15) is 0 Å². The predicted molar refractivity (Wildman–Crippen MR) is 101 cm³/mol. The molecule has 1 aromatic carbocycles. The first-order chi connectivity index (χ1) is 12.1. The van der Waals surface area contributed by atoms with Gasteiger partial charge in [0.25, 0.3) is 0 Å². The highest BCUT2D eigenvalue weighted by molar-refractivity contribution is 5.79. The van der Waals surface area contributed by atoms with Gasteiger partial charge in [-0.1, -0.05) is 12.1 Å². The molecule has 1 aromatic rings. The quantitative estimate of drug-likeness (QED) is 0.606. The first-order valence-electron chi connectivity index (χ1n) is 9.15. The van der Waals surface area contributed by atoms with Crippen LogP contribution in [-0.4, -0.2) is 69.2 Å². The molecule has 1 saturated heterocycles. The minimum Gasteiger partial charge on any atom is -0.489 e. The number of halogens is 1. The highest BCUT2D eigenvalue weighted by Crippen LogP contribution is 2.16. The molecule has 1 unspecified atom stereocenters. The van der Waals surface area contributed by atoms with Gasteiger partial charge in [0.05, 0.1) is 6.54 Å². The Labute approximate surface area is 150 Å². The number of ether oxygens (including phenoxy) is 1. The summed E-state index contributed by atoms with van der Waals surface area (Å²) < 4.78 is 19.1. The van der Waals surface area contributed by atoms with Crippen molar-refractivity contribution >= 4 is 5.96 Å². The first kappa shape index (κ1) is 19.5. The Balaban J connectivity index is 1.83. The van der Waals surface area contributed by atoms with E-state index in [0.29, 0.717) is 24.8 Å². The number of aliphatic imine (C=N–C) groups is 1. The number of hydrogen-bond acceptors (Lipinski definition) is 3. The van der Waals surface area contributed by atoms with Gasteiger partial charge in [-0.3, -0.25) is 4.99 Å². The fourth-order valence-electron chi connectivity index (χ4n) is 3.07. The standard InChI is InChI=1S/C19H31FN4O/c1-4-21-19(22-14-16-8-7-11-23(2)15-16)24(3)12-13-25-18-10-6-5-9-17(18)20/h5-6,9-10,16H,4,7-8,11-15H2,1-3H3,(H,21,22). The Kier molecular flexibility index (Phi) is 7.98. The molecule has 1 aliphatic heterocycles. The molecule has 0 amide bonds.